The summed E-state index contributed by atoms with van der Waals surface area (Å²) in [6, 6.07) is 12.2. The molecule has 0 aromatic heterocycles. The summed E-state index contributed by atoms with van der Waals surface area (Å²) >= 11 is 0. The number of benzene rings is 2. The first-order valence-corrected chi connectivity index (χ1v) is 8.40. The van der Waals surface area contributed by atoms with Crippen molar-refractivity contribution in [1.82, 2.24) is 4.90 Å². The third-order valence-electron chi connectivity index (χ3n) is 5.23. The van der Waals surface area contributed by atoms with Crippen LogP contribution in [-0.2, 0) is 0 Å². The molecule has 1 amide bonds. The van der Waals surface area contributed by atoms with Gasteiger partial charge in [-0.05, 0) is 47.9 Å². The summed E-state index contributed by atoms with van der Waals surface area (Å²) in [6.45, 7) is 0. The molecule has 2 aromatic rings. The van der Waals surface area contributed by atoms with E-state index >= 15 is 0 Å². The number of amides is 1. The predicted molar refractivity (Wildman–Crippen MR) is 90.8 cm³/mol. The highest BCUT2D eigenvalue weighted by Crippen LogP contribution is 2.37. The van der Waals surface area contributed by atoms with Gasteiger partial charge in [-0.3, -0.25) is 0 Å². The highest BCUT2D eigenvalue weighted by molar-refractivity contribution is 5.85. The maximum Gasteiger partial charge on any atom is 0.407 e. The van der Waals surface area contributed by atoms with Crippen molar-refractivity contribution in [2.24, 2.45) is 0 Å². The molecule has 2 bridgehead atoms. The molecular formula is C19H21NO4. The van der Waals surface area contributed by atoms with Crippen LogP contribution in [0.5, 0.6) is 11.5 Å². The summed E-state index contributed by atoms with van der Waals surface area (Å²) in [4.78, 5) is 13.0. The fourth-order valence-corrected chi connectivity index (χ4v) is 4.13. The number of ether oxygens (including phenoxy) is 2. The Hall–Kier alpha value is -2.43. The second-order valence-corrected chi connectivity index (χ2v) is 6.66. The topological polar surface area (TPSA) is 59.0 Å². The summed E-state index contributed by atoms with van der Waals surface area (Å²) in [5, 5.41) is 11.6. The van der Waals surface area contributed by atoms with Crippen LogP contribution in [0.2, 0.25) is 0 Å². The third-order valence-corrected chi connectivity index (χ3v) is 5.23. The molecule has 2 aliphatic rings. The highest BCUT2D eigenvalue weighted by atomic mass is 16.5. The van der Waals surface area contributed by atoms with Crippen LogP contribution in [-0.4, -0.2) is 41.4 Å². The van der Waals surface area contributed by atoms with Gasteiger partial charge in [-0.25, -0.2) is 4.79 Å². The van der Waals surface area contributed by atoms with Crippen molar-refractivity contribution >= 4 is 16.9 Å². The van der Waals surface area contributed by atoms with Crippen molar-refractivity contribution in [2.75, 3.05) is 7.11 Å². The molecule has 126 valence electrons. The smallest absolute Gasteiger partial charge is 0.407 e. The SMILES string of the molecule is COc1ccc2cc(OC3CC4CCC(C3)N4C(=O)O)ccc2c1. The zero-order chi connectivity index (χ0) is 16.7. The summed E-state index contributed by atoms with van der Waals surface area (Å²) in [5.41, 5.74) is 0. The first-order valence-electron chi connectivity index (χ1n) is 8.40. The molecule has 2 aromatic carbocycles. The molecule has 0 aliphatic carbocycles. The minimum absolute atomic E-state index is 0.0915. The third kappa shape index (κ3) is 2.64. The lowest BCUT2D eigenvalue weighted by atomic mass is 10.00. The van der Waals surface area contributed by atoms with Crippen LogP contribution >= 0.6 is 0 Å². The lowest BCUT2D eigenvalue weighted by Crippen LogP contribution is -2.48. The molecular weight excluding hydrogens is 306 g/mol. The van der Waals surface area contributed by atoms with E-state index in [0.29, 0.717) is 0 Å². The molecule has 2 aliphatic heterocycles. The zero-order valence-electron chi connectivity index (χ0n) is 13.6. The van der Waals surface area contributed by atoms with Crippen molar-refractivity contribution < 1.29 is 19.4 Å². The second kappa shape index (κ2) is 5.89. The first-order chi connectivity index (χ1) is 11.6. The van der Waals surface area contributed by atoms with E-state index in [1.807, 2.05) is 36.4 Å². The Morgan fingerprint density at radius 2 is 1.62 bits per heavy atom. The van der Waals surface area contributed by atoms with Gasteiger partial charge >= 0.3 is 6.09 Å². The van der Waals surface area contributed by atoms with E-state index in [-0.39, 0.29) is 18.2 Å². The molecule has 2 atom stereocenters. The van der Waals surface area contributed by atoms with Crippen molar-refractivity contribution in [3.05, 3.63) is 36.4 Å². The Morgan fingerprint density at radius 3 is 2.21 bits per heavy atom. The minimum Gasteiger partial charge on any atom is -0.497 e. The summed E-state index contributed by atoms with van der Waals surface area (Å²) in [6.07, 6.45) is 2.77. The summed E-state index contributed by atoms with van der Waals surface area (Å²) in [7, 11) is 1.66. The van der Waals surface area contributed by atoms with Gasteiger partial charge in [0.1, 0.15) is 17.6 Å². The highest BCUT2D eigenvalue weighted by Gasteiger charge is 2.44. The molecule has 2 fully saturated rings. The molecule has 0 saturated carbocycles. The van der Waals surface area contributed by atoms with E-state index in [4.69, 9.17) is 9.47 Å². The molecule has 5 nitrogen and oxygen atoms in total. The van der Waals surface area contributed by atoms with Crippen molar-refractivity contribution in [3.8, 4) is 11.5 Å². The van der Waals surface area contributed by atoms with Crippen LogP contribution in [0.4, 0.5) is 4.79 Å². The molecule has 2 unspecified atom stereocenters. The fraction of sp³-hybridized carbons (Fsp3) is 0.421. The molecule has 2 heterocycles. The quantitative estimate of drug-likeness (QED) is 0.929. The number of piperidine rings is 1. The van der Waals surface area contributed by atoms with Gasteiger partial charge < -0.3 is 19.5 Å². The lowest BCUT2D eigenvalue weighted by molar-refractivity contribution is 0.0496. The predicted octanol–water partition coefficient (Wildman–Crippen LogP) is 3.90. The average molecular weight is 327 g/mol. The van der Waals surface area contributed by atoms with Gasteiger partial charge in [0.2, 0.25) is 0 Å². The molecule has 4 rings (SSSR count). The normalized spacial score (nSPS) is 25.7. The van der Waals surface area contributed by atoms with Gasteiger partial charge in [-0.2, -0.15) is 0 Å². The number of nitrogens with zero attached hydrogens (tertiary/aromatic N) is 1. The van der Waals surface area contributed by atoms with Gasteiger partial charge in [0.15, 0.2) is 0 Å². The van der Waals surface area contributed by atoms with E-state index in [0.717, 1.165) is 48.0 Å². The van der Waals surface area contributed by atoms with Crippen LogP contribution in [0.1, 0.15) is 25.7 Å². The fourth-order valence-electron chi connectivity index (χ4n) is 4.13. The Kier molecular flexibility index (Phi) is 3.71. The Morgan fingerprint density at radius 1 is 1.04 bits per heavy atom. The van der Waals surface area contributed by atoms with Gasteiger partial charge in [0.25, 0.3) is 0 Å². The zero-order valence-corrected chi connectivity index (χ0v) is 13.6. The molecule has 0 spiro atoms. The maximum atomic E-state index is 11.4. The molecule has 2 saturated heterocycles. The summed E-state index contributed by atoms with van der Waals surface area (Å²) < 4.78 is 11.4. The number of hydrogen-bond donors (Lipinski definition) is 1. The molecule has 1 N–H and O–H groups in total. The van der Waals surface area contributed by atoms with Crippen molar-refractivity contribution in [2.45, 2.75) is 43.9 Å². The molecule has 0 radical (unpaired) electrons. The molecule has 5 heteroatoms. The van der Waals surface area contributed by atoms with E-state index in [9.17, 15) is 9.90 Å². The van der Waals surface area contributed by atoms with E-state index in [1.165, 1.54) is 0 Å². The van der Waals surface area contributed by atoms with Gasteiger partial charge in [0, 0.05) is 24.9 Å². The summed E-state index contributed by atoms with van der Waals surface area (Å²) in [5.74, 6) is 1.69. The standard InChI is InChI=1S/C19H21NO4/c1-23-16-6-2-13-9-17(7-3-12(13)8-16)24-18-10-14-4-5-15(11-18)20(14)19(21)22/h2-3,6-9,14-15,18H,4-5,10-11H2,1H3,(H,21,22). The monoisotopic (exact) mass is 327 g/mol. The van der Waals surface area contributed by atoms with Gasteiger partial charge in [-0.15, -0.1) is 0 Å². The van der Waals surface area contributed by atoms with Gasteiger partial charge in [0.05, 0.1) is 7.11 Å². The number of carbonyl (C=O) groups is 1. The largest absolute Gasteiger partial charge is 0.497 e. The van der Waals surface area contributed by atoms with Crippen LogP contribution in [0.25, 0.3) is 10.8 Å². The molecule has 24 heavy (non-hydrogen) atoms. The van der Waals surface area contributed by atoms with Crippen LogP contribution in [0.3, 0.4) is 0 Å². The number of carboxylic acid groups (broad SMARTS) is 1. The first kappa shape index (κ1) is 15.1. The minimum atomic E-state index is -0.791. The van der Waals surface area contributed by atoms with Crippen LogP contribution < -0.4 is 9.47 Å². The van der Waals surface area contributed by atoms with Crippen LogP contribution in [0, 0.1) is 0 Å². The second-order valence-electron chi connectivity index (χ2n) is 6.66. The van der Waals surface area contributed by atoms with Gasteiger partial charge in [-0.1, -0.05) is 12.1 Å². The number of fused-ring (bicyclic) bond motifs is 3. The number of hydrogen-bond acceptors (Lipinski definition) is 3. The van der Waals surface area contributed by atoms with E-state index in [1.54, 1.807) is 12.0 Å². The average Bonchev–Trinajstić information content (AvgIpc) is 2.86. The number of rotatable bonds is 3. The maximum absolute atomic E-state index is 11.4. The number of methoxy groups -OCH3 is 1. The van der Waals surface area contributed by atoms with Crippen molar-refractivity contribution in [1.29, 1.82) is 0 Å². The lowest BCUT2D eigenvalue weighted by Gasteiger charge is -2.37. The van der Waals surface area contributed by atoms with Crippen molar-refractivity contribution in [3.63, 3.8) is 0 Å². The van der Waals surface area contributed by atoms with E-state index in [2.05, 4.69) is 0 Å². The Labute approximate surface area is 140 Å². The Balaban J connectivity index is 1.50. The van der Waals surface area contributed by atoms with E-state index < -0.39 is 6.09 Å². The Bertz CT molecular complexity index is 761. The van der Waals surface area contributed by atoms with Crippen LogP contribution in [0.15, 0.2) is 36.4 Å².